The van der Waals surface area contributed by atoms with E-state index in [1.54, 1.807) is 20.7 Å². The monoisotopic (exact) mass is 358 g/mol. The maximum Gasteiger partial charge on any atom is 0.243 e. The summed E-state index contributed by atoms with van der Waals surface area (Å²) < 4.78 is 1.72. The third kappa shape index (κ3) is 3.87. The molecule has 1 aliphatic rings. The molecule has 3 rings (SSSR count). The Labute approximate surface area is 151 Å². The summed E-state index contributed by atoms with van der Waals surface area (Å²) in [4.78, 5) is 29.7. The van der Waals surface area contributed by atoms with Gasteiger partial charge in [-0.1, -0.05) is 12.1 Å². The van der Waals surface area contributed by atoms with Gasteiger partial charge in [-0.2, -0.15) is 5.10 Å². The second-order valence-electron chi connectivity index (χ2n) is 6.37. The van der Waals surface area contributed by atoms with Crippen LogP contribution in [0.1, 0.15) is 19.4 Å². The zero-order chi connectivity index (χ0) is 18.0. The molecule has 25 heavy (non-hydrogen) atoms. The number of anilines is 1. The highest BCUT2D eigenvalue weighted by molar-refractivity contribution is 8.00. The van der Waals surface area contributed by atoms with E-state index in [9.17, 15) is 9.59 Å². The Balaban J connectivity index is 1.78. The molecule has 0 N–H and O–H groups in total. The first-order valence-corrected chi connectivity index (χ1v) is 9.23. The number of aryl methyl sites for hydroxylation is 1. The van der Waals surface area contributed by atoms with Gasteiger partial charge in [-0.05, 0) is 26.0 Å². The normalized spacial score (nSPS) is 13.9. The summed E-state index contributed by atoms with van der Waals surface area (Å²) in [6, 6.07) is 7.76. The van der Waals surface area contributed by atoms with E-state index >= 15 is 0 Å². The highest BCUT2D eigenvalue weighted by atomic mass is 32.2. The smallest absolute Gasteiger partial charge is 0.243 e. The number of carbonyl (C=O) groups excluding carboxylic acids is 2. The molecule has 2 heterocycles. The lowest BCUT2D eigenvalue weighted by molar-refractivity contribution is -0.133. The van der Waals surface area contributed by atoms with Gasteiger partial charge >= 0.3 is 0 Å². The second-order valence-corrected chi connectivity index (χ2v) is 7.39. The topological polar surface area (TPSA) is 58.4 Å². The molecular formula is C18H22N4O2S. The molecular weight excluding hydrogens is 336 g/mol. The number of amides is 2. The molecule has 2 aromatic rings. The van der Waals surface area contributed by atoms with Gasteiger partial charge < -0.3 is 9.80 Å². The van der Waals surface area contributed by atoms with Crippen molar-refractivity contribution < 1.29 is 9.59 Å². The van der Waals surface area contributed by atoms with Gasteiger partial charge in [0, 0.05) is 36.3 Å². The first-order valence-electron chi connectivity index (χ1n) is 8.25. The van der Waals surface area contributed by atoms with Crippen molar-refractivity contribution in [3.8, 4) is 0 Å². The molecule has 0 fully saturated rings. The Morgan fingerprint density at radius 2 is 2.12 bits per heavy atom. The van der Waals surface area contributed by atoms with Crippen molar-refractivity contribution in [3.63, 3.8) is 0 Å². The first-order chi connectivity index (χ1) is 12.0. The standard InChI is InChI=1S/C18H22N4O2S/c1-13(2)21(10-14-8-19-20(3)9-14)17(23)11-22-15-6-4-5-7-16(15)25-12-18(22)24/h4-9,13H,10-12H2,1-3H3. The Hall–Kier alpha value is -2.28. The molecule has 1 aromatic heterocycles. The Morgan fingerprint density at radius 1 is 1.36 bits per heavy atom. The van der Waals surface area contributed by atoms with E-state index < -0.39 is 0 Å². The van der Waals surface area contributed by atoms with Crippen LogP contribution in [0.25, 0.3) is 0 Å². The van der Waals surface area contributed by atoms with Crippen LogP contribution >= 0.6 is 11.8 Å². The summed E-state index contributed by atoms with van der Waals surface area (Å²) in [6.07, 6.45) is 3.67. The second kappa shape index (κ2) is 7.31. The van der Waals surface area contributed by atoms with E-state index in [4.69, 9.17) is 0 Å². The number of para-hydroxylation sites is 1. The van der Waals surface area contributed by atoms with Crippen LogP contribution in [-0.4, -0.2) is 44.8 Å². The summed E-state index contributed by atoms with van der Waals surface area (Å²) >= 11 is 1.52. The molecule has 0 aliphatic carbocycles. The molecule has 0 saturated carbocycles. The van der Waals surface area contributed by atoms with Crippen molar-refractivity contribution in [2.24, 2.45) is 7.05 Å². The van der Waals surface area contributed by atoms with Crippen LogP contribution in [0.2, 0.25) is 0 Å². The molecule has 1 aromatic carbocycles. The molecule has 0 atom stereocenters. The third-order valence-electron chi connectivity index (χ3n) is 4.16. The zero-order valence-corrected chi connectivity index (χ0v) is 15.5. The van der Waals surface area contributed by atoms with E-state index in [1.807, 2.05) is 51.4 Å². The summed E-state index contributed by atoms with van der Waals surface area (Å²) in [5.41, 5.74) is 1.80. The van der Waals surface area contributed by atoms with Crippen molar-refractivity contribution in [3.05, 3.63) is 42.2 Å². The van der Waals surface area contributed by atoms with Gasteiger partial charge in [0.05, 0.1) is 17.6 Å². The molecule has 0 radical (unpaired) electrons. The average molecular weight is 358 g/mol. The van der Waals surface area contributed by atoms with Crippen molar-refractivity contribution in [1.29, 1.82) is 0 Å². The molecule has 0 spiro atoms. The quantitative estimate of drug-likeness (QED) is 0.823. The largest absolute Gasteiger partial charge is 0.334 e. The molecule has 6 nitrogen and oxygen atoms in total. The number of fused-ring (bicyclic) bond motifs is 1. The highest BCUT2D eigenvalue weighted by Gasteiger charge is 2.28. The Bertz CT molecular complexity index is 787. The van der Waals surface area contributed by atoms with Gasteiger partial charge in [-0.25, -0.2) is 0 Å². The van der Waals surface area contributed by atoms with Crippen LogP contribution < -0.4 is 4.90 Å². The molecule has 2 amide bonds. The van der Waals surface area contributed by atoms with Gasteiger partial charge in [0.2, 0.25) is 11.8 Å². The predicted octanol–water partition coefficient (Wildman–Crippen LogP) is 2.30. The fourth-order valence-electron chi connectivity index (χ4n) is 2.86. The van der Waals surface area contributed by atoms with E-state index in [1.165, 1.54) is 11.8 Å². The number of thioether (sulfide) groups is 1. The summed E-state index contributed by atoms with van der Waals surface area (Å²) in [6.45, 7) is 4.52. The Morgan fingerprint density at radius 3 is 2.80 bits per heavy atom. The van der Waals surface area contributed by atoms with E-state index in [0.717, 1.165) is 16.1 Å². The maximum absolute atomic E-state index is 12.9. The van der Waals surface area contributed by atoms with Crippen molar-refractivity contribution in [2.75, 3.05) is 17.2 Å². The van der Waals surface area contributed by atoms with Crippen LogP contribution in [0.5, 0.6) is 0 Å². The lowest BCUT2D eigenvalue weighted by Gasteiger charge is -2.32. The highest BCUT2D eigenvalue weighted by Crippen LogP contribution is 2.34. The van der Waals surface area contributed by atoms with E-state index in [-0.39, 0.29) is 24.4 Å². The van der Waals surface area contributed by atoms with Crippen molar-refractivity contribution >= 4 is 29.3 Å². The number of benzene rings is 1. The van der Waals surface area contributed by atoms with E-state index in [2.05, 4.69) is 5.10 Å². The van der Waals surface area contributed by atoms with Crippen LogP contribution in [0.15, 0.2) is 41.6 Å². The van der Waals surface area contributed by atoms with Gasteiger partial charge in [0.1, 0.15) is 6.54 Å². The van der Waals surface area contributed by atoms with Crippen molar-refractivity contribution in [2.45, 2.75) is 31.3 Å². The fraction of sp³-hybridized carbons (Fsp3) is 0.389. The maximum atomic E-state index is 12.9. The Kier molecular flexibility index (Phi) is 5.13. The summed E-state index contributed by atoms with van der Waals surface area (Å²) in [5.74, 6) is 0.283. The predicted molar refractivity (Wildman–Crippen MR) is 98.4 cm³/mol. The summed E-state index contributed by atoms with van der Waals surface area (Å²) in [7, 11) is 1.85. The molecule has 0 saturated heterocycles. The summed E-state index contributed by atoms with van der Waals surface area (Å²) in [5, 5.41) is 4.16. The molecule has 0 bridgehead atoms. The van der Waals surface area contributed by atoms with Crippen LogP contribution in [0.3, 0.4) is 0 Å². The minimum Gasteiger partial charge on any atom is -0.334 e. The van der Waals surface area contributed by atoms with Crippen LogP contribution in [-0.2, 0) is 23.2 Å². The number of carbonyl (C=O) groups is 2. The number of nitrogens with zero attached hydrogens (tertiary/aromatic N) is 4. The molecule has 1 aliphatic heterocycles. The average Bonchev–Trinajstić information content (AvgIpc) is 3.00. The van der Waals surface area contributed by atoms with Gasteiger partial charge in [-0.15, -0.1) is 11.8 Å². The van der Waals surface area contributed by atoms with Crippen LogP contribution in [0.4, 0.5) is 5.69 Å². The van der Waals surface area contributed by atoms with Crippen molar-refractivity contribution in [1.82, 2.24) is 14.7 Å². The van der Waals surface area contributed by atoms with Crippen LogP contribution in [0, 0.1) is 0 Å². The number of aromatic nitrogens is 2. The number of hydrogen-bond acceptors (Lipinski definition) is 4. The minimum atomic E-state index is -0.0612. The van der Waals surface area contributed by atoms with E-state index in [0.29, 0.717) is 12.3 Å². The molecule has 7 heteroatoms. The van der Waals surface area contributed by atoms with Gasteiger partial charge in [0.15, 0.2) is 0 Å². The SMILES string of the molecule is CC(C)N(Cc1cnn(C)c1)C(=O)CN1C(=O)CSc2ccccc21. The minimum absolute atomic E-state index is 0.0258. The number of rotatable bonds is 5. The van der Waals surface area contributed by atoms with Gasteiger partial charge in [0.25, 0.3) is 0 Å². The first kappa shape index (κ1) is 17.5. The lowest BCUT2D eigenvalue weighted by Crippen LogP contribution is -2.46. The lowest BCUT2D eigenvalue weighted by atomic mass is 10.2. The van der Waals surface area contributed by atoms with Gasteiger partial charge in [-0.3, -0.25) is 14.3 Å². The number of hydrogen-bond donors (Lipinski definition) is 0. The molecule has 0 unspecified atom stereocenters. The molecule has 132 valence electrons. The zero-order valence-electron chi connectivity index (χ0n) is 14.7. The third-order valence-corrected chi connectivity index (χ3v) is 5.20. The fourth-order valence-corrected chi connectivity index (χ4v) is 3.80.